The van der Waals surface area contributed by atoms with Crippen LogP contribution in [0, 0.1) is 3.57 Å². The van der Waals surface area contributed by atoms with Gasteiger partial charge in [-0.15, -0.1) is 0 Å². The van der Waals surface area contributed by atoms with Crippen LogP contribution in [0.1, 0.15) is 32.8 Å². The molecule has 0 radical (unpaired) electrons. The largest absolute Gasteiger partial charge is 0.465 e. The Kier molecular flexibility index (Phi) is 6.89. The van der Waals surface area contributed by atoms with E-state index in [0.717, 1.165) is 9.13 Å². The number of carboxylic acid groups (broad SMARTS) is 1. The molecule has 0 heterocycles. The second-order valence-corrected chi connectivity index (χ2v) is 6.08. The SMILES string of the molecule is CCC(OCOC)(c1ccccc1I)N(C(=O)O)C(C)C. The first kappa shape index (κ1) is 18.2. The zero-order valence-electron chi connectivity index (χ0n) is 12.8. The van der Waals surface area contributed by atoms with Gasteiger partial charge in [0.25, 0.3) is 0 Å². The molecule has 118 valence electrons. The minimum absolute atomic E-state index is 0.0231. The molecular weight excluding hydrogens is 385 g/mol. The summed E-state index contributed by atoms with van der Waals surface area (Å²) >= 11 is 2.20. The molecule has 0 aliphatic carbocycles. The van der Waals surface area contributed by atoms with Gasteiger partial charge >= 0.3 is 6.09 Å². The minimum atomic E-state index is -1.06. The molecule has 0 aromatic heterocycles. The van der Waals surface area contributed by atoms with E-state index in [1.54, 1.807) is 0 Å². The fourth-order valence-corrected chi connectivity index (χ4v) is 3.28. The molecule has 1 atom stereocenters. The second-order valence-electron chi connectivity index (χ2n) is 4.91. The van der Waals surface area contributed by atoms with E-state index in [1.807, 2.05) is 45.0 Å². The summed E-state index contributed by atoms with van der Waals surface area (Å²) in [7, 11) is 1.52. The lowest BCUT2D eigenvalue weighted by Crippen LogP contribution is -2.54. The van der Waals surface area contributed by atoms with E-state index in [4.69, 9.17) is 9.47 Å². The molecule has 0 saturated carbocycles. The third-order valence-electron chi connectivity index (χ3n) is 3.30. The summed E-state index contributed by atoms with van der Waals surface area (Å²) in [5.74, 6) is 0. The third-order valence-corrected chi connectivity index (χ3v) is 4.24. The number of nitrogens with zero attached hydrogens (tertiary/aromatic N) is 1. The Balaban J connectivity index is 3.46. The van der Waals surface area contributed by atoms with E-state index in [0.29, 0.717) is 6.42 Å². The molecule has 1 aromatic rings. The zero-order valence-corrected chi connectivity index (χ0v) is 15.0. The molecule has 6 heteroatoms. The normalized spacial score (nSPS) is 14.0. The van der Waals surface area contributed by atoms with Crippen LogP contribution in [0.25, 0.3) is 0 Å². The number of amides is 1. The van der Waals surface area contributed by atoms with Gasteiger partial charge in [0.05, 0.1) is 0 Å². The van der Waals surface area contributed by atoms with Gasteiger partial charge in [-0.25, -0.2) is 4.79 Å². The van der Waals surface area contributed by atoms with Gasteiger partial charge in [0.15, 0.2) is 5.72 Å². The summed E-state index contributed by atoms with van der Waals surface area (Å²) in [6.45, 7) is 5.61. The quantitative estimate of drug-likeness (QED) is 0.551. The molecule has 1 amide bonds. The van der Waals surface area contributed by atoms with Crippen LogP contribution < -0.4 is 0 Å². The lowest BCUT2D eigenvalue weighted by atomic mass is 9.96. The molecule has 0 bridgehead atoms. The molecular formula is C15H22INO4. The van der Waals surface area contributed by atoms with Crippen molar-refractivity contribution in [2.24, 2.45) is 0 Å². The van der Waals surface area contributed by atoms with Crippen LogP contribution in [-0.4, -0.2) is 36.0 Å². The zero-order chi connectivity index (χ0) is 16.0. The lowest BCUT2D eigenvalue weighted by molar-refractivity contribution is -0.209. The number of rotatable bonds is 7. The molecule has 1 unspecified atom stereocenters. The third kappa shape index (κ3) is 3.87. The Morgan fingerprint density at radius 1 is 1.43 bits per heavy atom. The van der Waals surface area contributed by atoms with Gasteiger partial charge in [-0.3, -0.25) is 4.90 Å². The summed E-state index contributed by atoms with van der Waals surface area (Å²) in [5.41, 5.74) is -0.227. The van der Waals surface area contributed by atoms with Crippen molar-refractivity contribution in [3.8, 4) is 0 Å². The Bertz CT molecular complexity index is 480. The van der Waals surface area contributed by atoms with Gasteiger partial charge in [-0.2, -0.15) is 0 Å². The summed E-state index contributed by atoms with van der Waals surface area (Å²) in [6.07, 6.45) is -0.525. The molecule has 1 aromatic carbocycles. The van der Waals surface area contributed by atoms with Crippen molar-refractivity contribution in [3.05, 3.63) is 33.4 Å². The molecule has 0 saturated heterocycles. The van der Waals surface area contributed by atoms with Crippen LogP contribution in [0.15, 0.2) is 24.3 Å². The molecule has 1 N–H and O–H groups in total. The van der Waals surface area contributed by atoms with Crippen molar-refractivity contribution in [3.63, 3.8) is 0 Å². The maximum Gasteiger partial charge on any atom is 0.410 e. The Labute approximate surface area is 139 Å². The van der Waals surface area contributed by atoms with Crippen molar-refractivity contribution >= 4 is 28.7 Å². The maximum atomic E-state index is 11.8. The van der Waals surface area contributed by atoms with Crippen LogP contribution in [0.4, 0.5) is 4.79 Å². The van der Waals surface area contributed by atoms with E-state index in [-0.39, 0.29) is 12.8 Å². The number of benzene rings is 1. The maximum absolute atomic E-state index is 11.8. The summed E-state index contributed by atoms with van der Waals surface area (Å²) < 4.78 is 11.9. The van der Waals surface area contributed by atoms with E-state index in [2.05, 4.69) is 22.6 Å². The highest BCUT2D eigenvalue weighted by molar-refractivity contribution is 14.1. The highest BCUT2D eigenvalue weighted by Gasteiger charge is 2.44. The van der Waals surface area contributed by atoms with Crippen LogP contribution in [-0.2, 0) is 15.2 Å². The number of carbonyl (C=O) groups is 1. The van der Waals surface area contributed by atoms with Crippen molar-refractivity contribution in [1.29, 1.82) is 0 Å². The van der Waals surface area contributed by atoms with Crippen molar-refractivity contribution in [2.75, 3.05) is 13.9 Å². The van der Waals surface area contributed by atoms with Crippen molar-refractivity contribution in [2.45, 2.75) is 39.0 Å². The highest BCUT2D eigenvalue weighted by atomic mass is 127. The predicted molar refractivity (Wildman–Crippen MR) is 89.1 cm³/mol. The first-order chi connectivity index (χ1) is 9.90. The van der Waals surface area contributed by atoms with E-state index < -0.39 is 11.8 Å². The Morgan fingerprint density at radius 3 is 2.48 bits per heavy atom. The van der Waals surface area contributed by atoms with Gasteiger partial charge in [0.1, 0.15) is 6.79 Å². The topological polar surface area (TPSA) is 59.0 Å². The van der Waals surface area contributed by atoms with Crippen LogP contribution in [0.2, 0.25) is 0 Å². The van der Waals surface area contributed by atoms with Gasteiger partial charge in [0, 0.05) is 22.3 Å². The molecule has 0 spiro atoms. The van der Waals surface area contributed by atoms with Crippen molar-refractivity contribution < 1.29 is 19.4 Å². The molecule has 5 nitrogen and oxygen atoms in total. The van der Waals surface area contributed by atoms with E-state index in [1.165, 1.54) is 12.0 Å². The Hall–Kier alpha value is -0.860. The average molecular weight is 407 g/mol. The van der Waals surface area contributed by atoms with Crippen molar-refractivity contribution in [1.82, 2.24) is 4.90 Å². The number of halogens is 1. The monoisotopic (exact) mass is 407 g/mol. The number of ether oxygens (including phenoxy) is 2. The molecule has 0 aliphatic heterocycles. The van der Waals surface area contributed by atoms with Gasteiger partial charge in [-0.05, 0) is 48.9 Å². The minimum Gasteiger partial charge on any atom is -0.465 e. The number of hydrogen-bond acceptors (Lipinski definition) is 3. The second kappa shape index (κ2) is 7.95. The molecule has 21 heavy (non-hydrogen) atoms. The molecule has 0 aliphatic rings. The predicted octanol–water partition coefficient (Wildman–Crippen LogP) is 3.86. The van der Waals surface area contributed by atoms with Crippen LogP contribution >= 0.6 is 22.6 Å². The van der Waals surface area contributed by atoms with E-state index in [9.17, 15) is 9.90 Å². The fourth-order valence-electron chi connectivity index (χ4n) is 2.47. The standard InChI is InChI=1S/C15H22INO4/c1-5-15(21-10-20-4,17(11(2)3)14(18)19)12-8-6-7-9-13(12)16/h6-9,11H,5,10H2,1-4H3,(H,18,19). The van der Waals surface area contributed by atoms with Gasteiger partial charge in [0.2, 0.25) is 0 Å². The lowest BCUT2D eigenvalue weighted by Gasteiger charge is -2.44. The highest BCUT2D eigenvalue weighted by Crippen LogP contribution is 2.37. The average Bonchev–Trinajstić information content (AvgIpc) is 2.43. The Morgan fingerprint density at radius 2 is 2.05 bits per heavy atom. The number of methoxy groups -OCH3 is 1. The van der Waals surface area contributed by atoms with Gasteiger partial charge in [-0.1, -0.05) is 25.1 Å². The summed E-state index contributed by atoms with van der Waals surface area (Å²) in [5, 5.41) is 9.66. The van der Waals surface area contributed by atoms with Gasteiger partial charge < -0.3 is 14.6 Å². The summed E-state index contributed by atoms with van der Waals surface area (Å²) in [4.78, 5) is 13.1. The molecule has 1 rings (SSSR count). The first-order valence-corrected chi connectivity index (χ1v) is 7.88. The smallest absolute Gasteiger partial charge is 0.410 e. The molecule has 0 fully saturated rings. The van der Waals surface area contributed by atoms with E-state index >= 15 is 0 Å². The fraction of sp³-hybridized carbons (Fsp3) is 0.533. The summed E-state index contributed by atoms with van der Waals surface area (Å²) in [6, 6.07) is 7.42. The van der Waals surface area contributed by atoms with Crippen LogP contribution in [0.5, 0.6) is 0 Å². The number of hydrogen-bond donors (Lipinski definition) is 1. The van der Waals surface area contributed by atoms with Crippen LogP contribution in [0.3, 0.4) is 0 Å². The first-order valence-electron chi connectivity index (χ1n) is 6.80.